The van der Waals surface area contributed by atoms with E-state index < -0.39 is 0 Å². The normalized spacial score (nSPS) is 10.4. The first-order chi connectivity index (χ1) is 8.27. The summed E-state index contributed by atoms with van der Waals surface area (Å²) >= 11 is 0. The molecule has 1 aromatic heterocycles. The van der Waals surface area contributed by atoms with Gasteiger partial charge in [0.2, 0.25) is 5.78 Å². The number of carbonyl (C=O) groups is 1. The van der Waals surface area contributed by atoms with Crippen LogP contribution in [0.4, 0.5) is 0 Å². The number of rotatable bonds is 5. The summed E-state index contributed by atoms with van der Waals surface area (Å²) in [4.78, 5) is 11.8. The molecule has 0 atom stereocenters. The lowest BCUT2D eigenvalue weighted by Crippen LogP contribution is -2.12. The zero-order valence-electron chi connectivity index (χ0n) is 9.80. The maximum Gasteiger partial charge on any atom is 0.204 e. The third kappa shape index (κ3) is 3.04. The molecule has 0 spiro atoms. The molecule has 0 saturated carbocycles. The van der Waals surface area contributed by atoms with Crippen LogP contribution in [0, 0.1) is 0 Å². The summed E-state index contributed by atoms with van der Waals surface area (Å²) in [7, 11) is 1.85. The zero-order chi connectivity index (χ0) is 12.1. The molecule has 0 saturated heterocycles. The van der Waals surface area contributed by atoms with Gasteiger partial charge in [-0.2, -0.15) is 0 Å². The molecule has 3 nitrogen and oxygen atoms in total. The number of ether oxygens (including phenoxy) is 1. The Bertz CT molecular complexity index is 488. The Morgan fingerprint density at radius 1 is 1.18 bits per heavy atom. The molecule has 0 fully saturated rings. The Hall–Kier alpha value is -1.87. The fraction of sp³-hybridized carbons (Fsp3) is 0.214. The second-order valence-corrected chi connectivity index (χ2v) is 3.91. The van der Waals surface area contributed by atoms with E-state index in [0.29, 0.717) is 12.3 Å². The fourth-order valence-corrected chi connectivity index (χ4v) is 1.66. The van der Waals surface area contributed by atoms with E-state index in [2.05, 4.69) is 0 Å². The molecule has 0 aliphatic rings. The summed E-state index contributed by atoms with van der Waals surface area (Å²) in [5, 5.41) is 0. The third-order valence-electron chi connectivity index (χ3n) is 2.57. The van der Waals surface area contributed by atoms with E-state index in [1.165, 1.54) is 0 Å². The standard InChI is InChI=1S/C14H15NO2/c1-15-9-5-8-13(15)14(16)11-17-10-12-6-3-2-4-7-12/h2-9H,10-11H2,1H3. The van der Waals surface area contributed by atoms with Gasteiger partial charge in [-0.3, -0.25) is 4.79 Å². The van der Waals surface area contributed by atoms with Gasteiger partial charge in [0.1, 0.15) is 6.61 Å². The van der Waals surface area contributed by atoms with E-state index in [4.69, 9.17) is 4.74 Å². The molecule has 17 heavy (non-hydrogen) atoms. The molecule has 3 heteroatoms. The van der Waals surface area contributed by atoms with Crippen molar-refractivity contribution in [2.45, 2.75) is 6.61 Å². The van der Waals surface area contributed by atoms with E-state index in [1.807, 2.05) is 49.6 Å². The molecule has 1 heterocycles. The summed E-state index contributed by atoms with van der Waals surface area (Å²) in [6.07, 6.45) is 1.85. The molecule has 1 aromatic carbocycles. The lowest BCUT2D eigenvalue weighted by molar-refractivity contribution is 0.0718. The summed E-state index contributed by atoms with van der Waals surface area (Å²) in [5.74, 6) is 0.00781. The molecule has 0 amide bonds. The van der Waals surface area contributed by atoms with Crippen LogP contribution in [0.2, 0.25) is 0 Å². The molecule has 2 aromatic rings. The van der Waals surface area contributed by atoms with Gasteiger partial charge >= 0.3 is 0 Å². The lowest BCUT2D eigenvalue weighted by atomic mass is 10.2. The number of nitrogens with zero attached hydrogens (tertiary/aromatic N) is 1. The van der Waals surface area contributed by atoms with Gasteiger partial charge in [0.25, 0.3) is 0 Å². The number of carbonyl (C=O) groups excluding carboxylic acids is 1. The Morgan fingerprint density at radius 3 is 2.59 bits per heavy atom. The first-order valence-corrected chi connectivity index (χ1v) is 5.53. The molecule has 0 radical (unpaired) electrons. The average molecular weight is 229 g/mol. The van der Waals surface area contributed by atoms with Crippen LogP contribution < -0.4 is 0 Å². The van der Waals surface area contributed by atoms with Crippen LogP contribution >= 0.6 is 0 Å². The summed E-state index contributed by atoms with van der Waals surface area (Å²) < 4.78 is 7.20. The van der Waals surface area contributed by atoms with Crippen LogP contribution in [0.3, 0.4) is 0 Å². The minimum absolute atomic E-state index is 0.00781. The van der Waals surface area contributed by atoms with Crippen molar-refractivity contribution in [1.82, 2.24) is 4.57 Å². The van der Waals surface area contributed by atoms with Gasteiger partial charge in [-0.15, -0.1) is 0 Å². The SMILES string of the molecule is Cn1cccc1C(=O)COCc1ccccc1. The Morgan fingerprint density at radius 2 is 1.94 bits per heavy atom. The third-order valence-corrected chi connectivity index (χ3v) is 2.57. The average Bonchev–Trinajstić information content (AvgIpc) is 2.77. The van der Waals surface area contributed by atoms with E-state index in [0.717, 1.165) is 5.56 Å². The zero-order valence-corrected chi connectivity index (χ0v) is 9.80. The highest BCUT2D eigenvalue weighted by molar-refractivity contribution is 5.95. The van der Waals surface area contributed by atoms with Gasteiger partial charge in [-0.1, -0.05) is 30.3 Å². The number of benzene rings is 1. The highest BCUT2D eigenvalue weighted by Gasteiger charge is 2.08. The monoisotopic (exact) mass is 229 g/mol. The highest BCUT2D eigenvalue weighted by atomic mass is 16.5. The van der Waals surface area contributed by atoms with Gasteiger partial charge in [0.15, 0.2) is 0 Å². The summed E-state index contributed by atoms with van der Waals surface area (Å²) in [5.41, 5.74) is 1.75. The largest absolute Gasteiger partial charge is 0.369 e. The van der Waals surface area contributed by atoms with E-state index in [1.54, 1.807) is 10.6 Å². The maximum absolute atomic E-state index is 11.8. The van der Waals surface area contributed by atoms with Crippen LogP contribution in [-0.2, 0) is 18.4 Å². The fourth-order valence-electron chi connectivity index (χ4n) is 1.66. The van der Waals surface area contributed by atoms with Crippen LogP contribution in [-0.4, -0.2) is 17.0 Å². The van der Waals surface area contributed by atoms with Gasteiger partial charge in [-0.25, -0.2) is 0 Å². The molecule has 88 valence electrons. The quantitative estimate of drug-likeness (QED) is 0.737. The minimum Gasteiger partial charge on any atom is -0.369 e. The Labute approximate surface area is 101 Å². The Balaban J connectivity index is 1.84. The van der Waals surface area contributed by atoms with Gasteiger partial charge < -0.3 is 9.30 Å². The molecular weight excluding hydrogens is 214 g/mol. The van der Waals surface area contributed by atoms with Crippen molar-refractivity contribution in [1.29, 1.82) is 0 Å². The van der Waals surface area contributed by atoms with Crippen LogP contribution in [0.1, 0.15) is 16.1 Å². The van der Waals surface area contributed by atoms with Crippen molar-refractivity contribution >= 4 is 5.78 Å². The number of aryl methyl sites for hydroxylation is 1. The van der Waals surface area contributed by atoms with Crippen molar-refractivity contribution in [2.75, 3.05) is 6.61 Å². The van der Waals surface area contributed by atoms with Crippen molar-refractivity contribution in [3.05, 3.63) is 59.9 Å². The second kappa shape index (κ2) is 5.46. The molecule has 0 aliphatic heterocycles. The molecule has 0 bridgehead atoms. The molecule has 0 N–H and O–H groups in total. The number of hydrogen-bond donors (Lipinski definition) is 0. The van der Waals surface area contributed by atoms with Crippen LogP contribution in [0.15, 0.2) is 48.7 Å². The Kier molecular flexibility index (Phi) is 3.73. The first kappa shape index (κ1) is 11.6. The first-order valence-electron chi connectivity index (χ1n) is 5.53. The van der Waals surface area contributed by atoms with Crippen molar-refractivity contribution < 1.29 is 9.53 Å². The number of Topliss-reactive ketones (excluding diaryl/α,β-unsaturated/α-hetero) is 1. The van der Waals surface area contributed by atoms with E-state index in [-0.39, 0.29) is 12.4 Å². The smallest absolute Gasteiger partial charge is 0.204 e. The summed E-state index contributed by atoms with van der Waals surface area (Å²) in [6.45, 7) is 0.587. The predicted octanol–water partition coefficient (Wildman–Crippen LogP) is 2.42. The molecular formula is C14H15NO2. The van der Waals surface area contributed by atoms with Crippen molar-refractivity contribution in [2.24, 2.45) is 7.05 Å². The number of ketones is 1. The predicted molar refractivity (Wildman–Crippen MR) is 65.8 cm³/mol. The van der Waals surface area contributed by atoms with Gasteiger partial charge in [0.05, 0.1) is 12.3 Å². The molecule has 0 aliphatic carbocycles. The maximum atomic E-state index is 11.8. The van der Waals surface area contributed by atoms with E-state index in [9.17, 15) is 4.79 Å². The van der Waals surface area contributed by atoms with Crippen LogP contribution in [0.25, 0.3) is 0 Å². The highest BCUT2D eigenvalue weighted by Crippen LogP contribution is 2.04. The van der Waals surface area contributed by atoms with Gasteiger partial charge in [0, 0.05) is 13.2 Å². The molecule has 2 rings (SSSR count). The number of aromatic nitrogens is 1. The van der Waals surface area contributed by atoms with Gasteiger partial charge in [-0.05, 0) is 17.7 Å². The number of hydrogen-bond acceptors (Lipinski definition) is 2. The summed E-state index contributed by atoms with van der Waals surface area (Å²) in [6, 6.07) is 13.5. The van der Waals surface area contributed by atoms with E-state index >= 15 is 0 Å². The van der Waals surface area contributed by atoms with Crippen LogP contribution in [0.5, 0.6) is 0 Å². The second-order valence-electron chi connectivity index (χ2n) is 3.91. The lowest BCUT2D eigenvalue weighted by Gasteiger charge is -2.04. The topological polar surface area (TPSA) is 31.2 Å². The van der Waals surface area contributed by atoms with Crippen molar-refractivity contribution in [3.8, 4) is 0 Å². The molecule has 0 unspecified atom stereocenters. The van der Waals surface area contributed by atoms with Crippen molar-refractivity contribution in [3.63, 3.8) is 0 Å². The minimum atomic E-state index is 0.00781.